The molecular formula is C27H27Br2ClN2O3. The van der Waals surface area contributed by atoms with Gasteiger partial charge in [0.25, 0.3) is 5.91 Å². The van der Waals surface area contributed by atoms with Gasteiger partial charge in [0, 0.05) is 28.5 Å². The van der Waals surface area contributed by atoms with Gasteiger partial charge in [0.2, 0.25) is 5.91 Å². The van der Waals surface area contributed by atoms with Crippen LogP contribution in [-0.4, -0.2) is 35.4 Å². The molecule has 1 unspecified atom stereocenters. The number of hydrogen-bond acceptors (Lipinski definition) is 3. The number of nitrogens with one attached hydrogen (secondary N) is 1. The summed E-state index contributed by atoms with van der Waals surface area (Å²) in [5.41, 5.74) is 1.87. The number of hydrogen-bond donors (Lipinski definition) is 1. The van der Waals surface area contributed by atoms with Crippen molar-refractivity contribution in [2.24, 2.45) is 0 Å². The first-order valence-corrected chi connectivity index (χ1v) is 13.2. The number of carbonyl (C=O) groups is 2. The summed E-state index contributed by atoms with van der Waals surface area (Å²) in [5.74, 6) is -0.00539. The number of amides is 2. The zero-order valence-electron chi connectivity index (χ0n) is 19.5. The third-order valence-electron chi connectivity index (χ3n) is 5.21. The molecule has 0 bridgehead atoms. The second-order valence-corrected chi connectivity index (χ2v) is 10.6. The molecule has 2 amide bonds. The quantitative estimate of drug-likeness (QED) is 0.285. The molecule has 0 aromatic heterocycles. The Balaban J connectivity index is 1.91. The smallest absolute Gasteiger partial charge is 0.261 e. The summed E-state index contributed by atoms with van der Waals surface area (Å²) in [7, 11) is 0. The maximum absolute atomic E-state index is 13.6. The minimum absolute atomic E-state index is 0.0633. The molecule has 0 aliphatic rings. The zero-order chi connectivity index (χ0) is 25.4. The number of rotatable bonds is 10. The summed E-state index contributed by atoms with van der Waals surface area (Å²) < 4.78 is 7.40. The van der Waals surface area contributed by atoms with E-state index >= 15 is 0 Å². The highest BCUT2D eigenvalue weighted by atomic mass is 79.9. The summed E-state index contributed by atoms with van der Waals surface area (Å²) in [6.07, 6.45) is 0.381. The van der Waals surface area contributed by atoms with Gasteiger partial charge in [0.1, 0.15) is 11.8 Å². The molecule has 0 fully saturated rings. The van der Waals surface area contributed by atoms with E-state index in [-0.39, 0.29) is 31.0 Å². The Morgan fingerprint density at radius 2 is 1.66 bits per heavy atom. The molecule has 0 saturated carbocycles. The SMILES string of the molecule is CC(C)NC(=O)C(Cc1ccccc1)N(Cc1ccc(Br)cc1)C(=O)COc1ccc(Cl)cc1Br. The van der Waals surface area contributed by atoms with E-state index in [0.717, 1.165) is 15.6 Å². The number of carbonyl (C=O) groups excluding carboxylic acids is 2. The van der Waals surface area contributed by atoms with Crippen LogP contribution in [0.15, 0.2) is 81.7 Å². The van der Waals surface area contributed by atoms with Crippen molar-refractivity contribution >= 4 is 55.3 Å². The molecule has 0 spiro atoms. The van der Waals surface area contributed by atoms with Crippen LogP contribution in [0.1, 0.15) is 25.0 Å². The topological polar surface area (TPSA) is 58.6 Å². The maximum atomic E-state index is 13.6. The van der Waals surface area contributed by atoms with Gasteiger partial charge in [-0.1, -0.05) is 70.0 Å². The van der Waals surface area contributed by atoms with Crippen molar-refractivity contribution in [2.45, 2.75) is 38.9 Å². The molecule has 0 heterocycles. The second-order valence-electron chi connectivity index (χ2n) is 8.38. The normalized spacial score (nSPS) is 11.7. The monoisotopic (exact) mass is 620 g/mol. The molecule has 1 atom stereocenters. The highest BCUT2D eigenvalue weighted by molar-refractivity contribution is 9.10. The van der Waals surface area contributed by atoms with E-state index in [1.165, 1.54) is 0 Å². The first-order valence-electron chi connectivity index (χ1n) is 11.2. The van der Waals surface area contributed by atoms with Crippen molar-refractivity contribution in [3.8, 4) is 5.75 Å². The fourth-order valence-electron chi connectivity index (χ4n) is 3.54. The van der Waals surface area contributed by atoms with Crippen molar-refractivity contribution in [1.29, 1.82) is 0 Å². The first-order chi connectivity index (χ1) is 16.7. The number of ether oxygens (including phenoxy) is 1. The van der Waals surface area contributed by atoms with E-state index in [1.54, 1.807) is 23.1 Å². The largest absolute Gasteiger partial charge is 0.483 e. The Kier molecular flexibility index (Phi) is 10.2. The van der Waals surface area contributed by atoms with Crippen LogP contribution in [0.4, 0.5) is 0 Å². The highest BCUT2D eigenvalue weighted by Crippen LogP contribution is 2.28. The maximum Gasteiger partial charge on any atom is 0.261 e. The van der Waals surface area contributed by atoms with Crippen LogP contribution in [0.2, 0.25) is 5.02 Å². The molecule has 8 heteroatoms. The summed E-state index contributed by atoms with van der Waals surface area (Å²) in [6.45, 7) is 3.84. The molecule has 0 radical (unpaired) electrons. The van der Waals surface area contributed by atoms with Gasteiger partial charge in [-0.15, -0.1) is 0 Å². The Bertz CT molecular complexity index is 1140. The minimum Gasteiger partial charge on any atom is -0.483 e. The molecule has 3 aromatic rings. The summed E-state index contributed by atoms with van der Waals surface area (Å²) in [5, 5.41) is 3.54. The fourth-order valence-corrected chi connectivity index (χ4v) is 4.60. The van der Waals surface area contributed by atoms with Gasteiger partial charge in [-0.25, -0.2) is 0 Å². The van der Waals surface area contributed by atoms with Crippen LogP contribution in [0.3, 0.4) is 0 Å². The molecule has 0 aliphatic carbocycles. The van der Waals surface area contributed by atoms with Crippen LogP contribution in [0.5, 0.6) is 5.75 Å². The third-order valence-corrected chi connectivity index (χ3v) is 6.60. The molecule has 5 nitrogen and oxygen atoms in total. The van der Waals surface area contributed by atoms with E-state index in [2.05, 4.69) is 37.2 Å². The molecule has 1 N–H and O–H groups in total. The Labute approximate surface area is 228 Å². The van der Waals surface area contributed by atoms with Gasteiger partial charge in [0.15, 0.2) is 6.61 Å². The average molecular weight is 623 g/mol. The number of nitrogens with zero attached hydrogens (tertiary/aromatic N) is 1. The van der Waals surface area contributed by atoms with Crippen molar-refractivity contribution in [2.75, 3.05) is 6.61 Å². The molecule has 0 saturated heterocycles. The van der Waals surface area contributed by atoms with Crippen LogP contribution in [-0.2, 0) is 22.6 Å². The molecule has 35 heavy (non-hydrogen) atoms. The van der Waals surface area contributed by atoms with Crippen LogP contribution < -0.4 is 10.1 Å². The second kappa shape index (κ2) is 13.1. The average Bonchev–Trinajstić information content (AvgIpc) is 2.82. The number of benzene rings is 3. The molecule has 3 aromatic carbocycles. The first kappa shape index (κ1) is 27.2. The van der Waals surface area contributed by atoms with E-state index in [1.807, 2.05) is 68.4 Å². The summed E-state index contributed by atoms with van der Waals surface area (Å²) in [6, 6.07) is 21.7. The van der Waals surface area contributed by atoms with Gasteiger partial charge in [-0.2, -0.15) is 0 Å². The Morgan fingerprint density at radius 3 is 2.29 bits per heavy atom. The highest BCUT2D eigenvalue weighted by Gasteiger charge is 2.31. The van der Waals surface area contributed by atoms with Gasteiger partial charge in [-0.05, 0) is 71.2 Å². The fraction of sp³-hybridized carbons (Fsp3) is 0.259. The van der Waals surface area contributed by atoms with E-state index in [4.69, 9.17) is 16.3 Å². The third kappa shape index (κ3) is 8.37. The molecular weight excluding hydrogens is 596 g/mol. The summed E-state index contributed by atoms with van der Waals surface area (Å²) in [4.78, 5) is 28.5. The van der Waals surface area contributed by atoms with Crippen molar-refractivity contribution in [3.05, 3.63) is 97.9 Å². The van der Waals surface area contributed by atoms with Gasteiger partial charge < -0.3 is 15.0 Å². The van der Waals surface area contributed by atoms with Crippen molar-refractivity contribution in [1.82, 2.24) is 10.2 Å². The lowest BCUT2D eigenvalue weighted by atomic mass is 10.0. The molecule has 184 valence electrons. The Morgan fingerprint density at radius 1 is 0.971 bits per heavy atom. The van der Waals surface area contributed by atoms with Crippen LogP contribution in [0, 0.1) is 0 Å². The summed E-state index contributed by atoms with van der Waals surface area (Å²) >= 11 is 12.9. The van der Waals surface area contributed by atoms with E-state index in [9.17, 15) is 9.59 Å². The zero-order valence-corrected chi connectivity index (χ0v) is 23.4. The predicted octanol–water partition coefficient (Wildman–Crippen LogP) is 6.41. The van der Waals surface area contributed by atoms with Crippen molar-refractivity contribution < 1.29 is 14.3 Å². The van der Waals surface area contributed by atoms with Gasteiger partial charge in [0.05, 0.1) is 4.47 Å². The van der Waals surface area contributed by atoms with Crippen molar-refractivity contribution in [3.63, 3.8) is 0 Å². The standard InChI is InChI=1S/C27H27Br2ClN2O3/c1-18(2)31-27(34)24(14-19-6-4-3-5-7-19)32(16-20-8-10-21(28)11-9-20)26(33)17-35-25-13-12-22(30)15-23(25)29/h3-13,15,18,24H,14,16-17H2,1-2H3,(H,31,34). The Hall–Kier alpha value is -2.35. The van der Waals surface area contributed by atoms with E-state index in [0.29, 0.717) is 21.7 Å². The lowest BCUT2D eigenvalue weighted by molar-refractivity contribution is -0.143. The van der Waals surface area contributed by atoms with Crippen LogP contribution in [0.25, 0.3) is 0 Å². The van der Waals surface area contributed by atoms with E-state index < -0.39 is 6.04 Å². The predicted molar refractivity (Wildman–Crippen MR) is 147 cm³/mol. The molecule has 0 aliphatic heterocycles. The number of halogens is 3. The molecule has 3 rings (SSSR count). The lowest BCUT2D eigenvalue weighted by Gasteiger charge is -2.32. The lowest BCUT2D eigenvalue weighted by Crippen LogP contribution is -2.52. The van der Waals surface area contributed by atoms with Crippen LogP contribution >= 0.6 is 43.5 Å². The minimum atomic E-state index is -0.715. The van der Waals surface area contributed by atoms with Gasteiger partial charge in [-0.3, -0.25) is 9.59 Å². The van der Waals surface area contributed by atoms with Gasteiger partial charge >= 0.3 is 0 Å².